The minimum Gasteiger partial charge on any atom is -0.494 e. The van der Waals surface area contributed by atoms with Gasteiger partial charge in [0.05, 0.1) is 12.7 Å². The Balaban J connectivity index is 3.20. The third-order valence-corrected chi connectivity index (χ3v) is 1.73. The number of ether oxygens (including phenoxy) is 1. The van der Waals surface area contributed by atoms with Crippen molar-refractivity contribution < 1.29 is 18.7 Å². The Morgan fingerprint density at radius 2 is 2.20 bits per heavy atom. The van der Waals surface area contributed by atoms with E-state index in [1.165, 1.54) is 26.2 Å². The second kappa shape index (κ2) is 4.54. The fraction of sp³-hybridized carbons (Fsp3) is 0.200. The van der Waals surface area contributed by atoms with Crippen LogP contribution in [0.4, 0.5) is 10.1 Å². The molecule has 1 N–H and O–H groups in total. The average Bonchev–Trinajstić information content (AvgIpc) is 2.19. The van der Waals surface area contributed by atoms with Crippen molar-refractivity contribution in [3.63, 3.8) is 0 Å². The number of benzene rings is 1. The first kappa shape index (κ1) is 11.2. The summed E-state index contributed by atoms with van der Waals surface area (Å²) in [6, 6.07) is 2.55. The fourth-order valence-corrected chi connectivity index (χ4v) is 1.13. The molecule has 0 aliphatic rings. The van der Waals surface area contributed by atoms with E-state index in [1.54, 1.807) is 0 Å². The Kier molecular flexibility index (Phi) is 3.38. The topological polar surface area (TPSA) is 55.4 Å². The summed E-state index contributed by atoms with van der Waals surface area (Å²) in [5, 5.41) is 2.44. The van der Waals surface area contributed by atoms with E-state index >= 15 is 0 Å². The number of nitrogens with one attached hydrogen (secondary N) is 1. The van der Waals surface area contributed by atoms with Crippen molar-refractivity contribution in [1.82, 2.24) is 0 Å². The third kappa shape index (κ3) is 2.52. The summed E-state index contributed by atoms with van der Waals surface area (Å²) < 4.78 is 18.0. The number of rotatable bonds is 3. The maximum Gasteiger partial charge on any atom is 0.221 e. The van der Waals surface area contributed by atoms with Crippen LogP contribution in [0.3, 0.4) is 0 Å². The Morgan fingerprint density at radius 1 is 1.53 bits per heavy atom. The highest BCUT2D eigenvalue weighted by Crippen LogP contribution is 2.24. The van der Waals surface area contributed by atoms with Crippen LogP contribution in [-0.4, -0.2) is 19.3 Å². The van der Waals surface area contributed by atoms with Crippen molar-refractivity contribution in [3.8, 4) is 5.75 Å². The number of amides is 1. The molecule has 0 spiro atoms. The van der Waals surface area contributed by atoms with Crippen molar-refractivity contribution in [3.05, 3.63) is 23.5 Å². The minimum atomic E-state index is -0.735. The molecule has 1 rings (SSSR count). The predicted molar refractivity (Wildman–Crippen MR) is 52.6 cm³/mol. The van der Waals surface area contributed by atoms with Crippen molar-refractivity contribution in [2.75, 3.05) is 12.4 Å². The molecule has 1 aromatic rings. The van der Waals surface area contributed by atoms with Gasteiger partial charge in [-0.2, -0.15) is 0 Å². The lowest BCUT2D eigenvalue weighted by atomic mass is 10.2. The van der Waals surface area contributed by atoms with Gasteiger partial charge in [0, 0.05) is 18.7 Å². The summed E-state index contributed by atoms with van der Waals surface area (Å²) in [5.74, 6) is -1.12. The quantitative estimate of drug-likeness (QED) is 0.772. The predicted octanol–water partition coefficient (Wildman–Crippen LogP) is 1.61. The molecule has 4 nitrogen and oxygen atoms in total. The van der Waals surface area contributed by atoms with Gasteiger partial charge >= 0.3 is 0 Å². The molecule has 80 valence electrons. The molecular weight excluding hydrogens is 201 g/mol. The first-order valence-electron chi connectivity index (χ1n) is 4.18. The number of hydrogen-bond donors (Lipinski definition) is 1. The number of carbonyl (C=O) groups is 2. The highest BCUT2D eigenvalue weighted by atomic mass is 19.1. The molecule has 0 aromatic heterocycles. The van der Waals surface area contributed by atoms with Gasteiger partial charge in [0.15, 0.2) is 17.9 Å². The molecule has 0 aliphatic carbocycles. The van der Waals surface area contributed by atoms with Gasteiger partial charge in [-0.15, -0.1) is 0 Å². The molecule has 0 radical (unpaired) electrons. The summed E-state index contributed by atoms with van der Waals surface area (Å²) in [6.07, 6.45) is 0.364. The zero-order valence-electron chi connectivity index (χ0n) is 8.33. The maximum atomic E-state index is 13.3. The molecule has 0 heterocycles. The van der Waals surface area contributed by atoms with Gasteiger partial charge in [-0.1, -0.05) is 0 Å². The zero-order valence-corrected chi connectivity index (χ0v) is 8.33. The molecule has 15 heavy (non-hydrogen) atoms. The molecule has 0 atom stereocenters. The molecule has 1 amide bonds. The SMILES string of the molecule is COc1cc(NC(C)=O)cc(C=O)c1F. The van der Waals surface area contributed by atoms with Crippen LogP contribution in [0.25, 0.3) is 0 Å². The molecule has 0 bridgehead atoms. The second-order valence-electron chi connectivity index (χ2n) is 2.88. The lowest BCUT2D eigenvalue weighted by Crippen LogP contribution is -2.07. The molecule has 0 fully saturated rings. The maximum absolute atomic E-state index is 13.3. The summed E-state index contributed by atoms with van der Waals surface area (Å²) in [4.78, 5) is 21.3. The Hall–Kier alpha value is -1.91. The van der Waals surface area contributed by atoms with Crippen molar-refractivity contribution in [1.29, 1.82) is 0 Å². The zero-order chi connectivity index (χ0) is 11.4. The van der Waals surface area contributed by atoms with Crippen molar-refractivity contribution >= 4 is 17.9 Å². The van der Waals surface area contributed by atoms with Crippen molar-refractivity contribution in [2.24, 2.45) is 0 Å². The summed E-state index contributed by atoms with van der Waals surface area (Å²) in [5.41, 5.74) is 0.168. The third-order valence-electron chi connectivity index (χ3n) is 1.73. The first-order valence-corrected chi connectivity index (χ1v) is 4.18. The van der Waals surface area contributed by atoms with Crippen LogP contribution in [0, 0.1) is 5.82 Å². The monoisotopic (exact) mass is 211 g/mol. The normalized spacial score (nSPS) is 9.53. The number of anilines is 1. The van der Waals surface area contributed by atoms with Gasteiger partial charge in [0.1, 0.15) is 0 Å². The fourth-order valence-electron chi connectivity index (χ4n) is 1.13. The van der Waals surface area contributed by atoms with Crippen LogP contribution in [0.2, 0.25) is 0 Å². The van der Waals surface area contributed by atoms with E-state index in [0.717, 1.165) is 0 Å². The molecule has 5 heteroatoms. The highest BCUT2D eigenvalue weighted by Gasteiger charge is 2.11. The number of aldehydes is 1. The number of halogens is 1. The van der Waals surface area contributed by atoms with Crippen LogP contribution >= 0.6 is 0 Å². The Labute approximate surface area is 86.0 Å². The summed E-state index contributed by atoms with van der Waals surface area (Å²) in [6.45, 7) is 1.32. The lowest BCUT2D eigenvalue weighted by molar-refractivity contribution is -0.114. The Bertz CT molecular complexity index is 404. The van der Waals surface area contributed by atoms with Crippen LogP contribution in [0.15, 0.2) is 12.1 Å². The number of methoxy groups -OCH3 is 1. The van der Waals surface area contributed by atoms with Gasteiger partial charge in [-0.05, 0) is 6.07 Å². The largest absolute Gasteiger partial charge is 0.494 e. The van der Waals surface area contributed by atoms with Gasteiger partial charge in [-0.25, -0.2) is 4.39 Å². The van der Waals surface area contributed by atoms with Gasteiger partial charge in [0.2, 0.25) is 5.91 Å². The second-order valence-corrected chi connectivity index (χ2v) is 2.88. The Morgan fingerprint density at radius 3 is 2.67 bits per heavy atom. The average molecular weight is 211 g/mol. The molecule has 0 aliphatic heterocycles. The van der Waals surface area contributed by atoms with Crippen LogP contribution < -0.4 is 10.1 Å². The van der Waals surface area contributed by atoms with E-state index in [4.69, 9.17) is 4.74 Å². The van der Waals surface area contributed by atoms with E-state index < -0.39 is 5.82 Å². The summed E-state index contributed by atoms with van der Waals surface area (Å²) in [7, 11) is 1.28. The molecule has 0 saturated heterocycles. The lowest BCUT2D eigenvalue weighted by Gasteiger charge is -2.08. The van der Waals surface area contributed by atoms with Crippen LogP contribution in [-0.2, 0) is 4.79 Å². The minimum absolute atomic E-state index is 0.0802. The summed E-state index contributed by atoms with van der Waals surface area (Å²) >= 11 is 0. The first-order chi connectivity index (χ1) is 7.08. The number of hydrogen-bond acceptors (Lipinski definition) is 3. The molecular formula is C10H10FNO3. The van der Waals surface area contributed by atoms with E-state index in [1.807, 2.05) is 0 Å². The van der Waals surface area contributed by atoms with E-state index in [2.05, 4.69) is 5.32 Å². The highest BCUT2D eigenvalue weighted by molar-refractivity contribution is 5.90. The smallest absolute Gasteiger partial charge is 0.221 e. The molecule has 1 aromatic carbocycles. The van der Waals surface area contributed by atoms with E-state index in [-0.39, 0.29) is 17.2 Å². The van der Waals surface area contributed by atoms with E-state index in [9.17, 15) is 14.0 Å². The van der Waals surface area contributed by atoms with Crippen LogP contribution in [0.5, 0.6) is 5.75 Å². The number of carbonyl (C=O) groups excluding carboxylic acids is 2. The van der Waals surface area contributed by atoms with Gasteiger partial charge in [0.25, 0.3) is 0 Å². The van der Waals surface area contributed by atoms with Crippen LogP contribution in [0.1, 0.15) is 17.3 Å². The molecule has 0 saturated carbocycles. The standard InChI is InChI=1S/C10H10FNO3/c1-6(14)12-8-3-7(5-13)10(11)9(4-8)15-2/h3-5H,1-2H3,(H,12,14). The van der Waals surface area contributed by atoms with Gasteiger partial charge in [-0.3, -0.25) is 9.59 Å². The van der Waals surface area contributed by atoms with Crippen molar-refractivity contribution in [2.45, 2.75) is 6.92 Å². The molecule has 0 unspecified atom stereocenters. The van der Waals surface area contributed by atoms with E-state index in [0.29, 0.717) is 12.0 Å². The van der Waals surface area contributed by atoms with Gasteiger partial charge < -0.3 is 10.1 Å².